The van der Waals surface area contributed by atoms with Gasteiger partial charge in [0.2, 0.25) is 5.91 Å². The molecule has 112 valence electrons. The molecule has 0 heterocycles. The maximum absolute atomic E-state index is 11.9. The summed E-state index contributed by atoms with van der Waals surface area (Å²) < 4.78 is 10.6. The van der Waals surface area contributed by atoms with Gasteiger partial charge >= 0.3 is 0 Å². The fourth-order valence-corrected chi connectivity index (χ4v) is 1.70. The van der Waals surface area contributed by atoms with E-state index in [9.17, 15) is 4.79 Å². The van der Waals surface area contributed by atoms with Crippen LogP contribution in [0, 0.1) is 5.41 Å². The van der Waals surface area contributed by atoms with Gasteiger partial charge in [-0.3, -0.25) is 4.79 Å². The Hall–Kier alpha value is -1.26. The molecule has 1 rings (SSSR count). The number of amides is 1. The van der Waals surface area contributed by atoms with Crippen LogP contribution in [-0.2, 0) is 9.53 Å². The van der Waals surface area contributed by atoms with Gasteiger partial charge in [0.05, 0.1) is 11.6 Å². The minimum absolute atomic E-state index is 0.0602. The third kappa shape index (κ3) is 5.02. The summed E-state index contributed by atoms with van der Waals surface area (Å²) in [4.78, 5) is 11.9. The van der Waals surface area contributed by atoms with Crippen molar-refractivity contribution in [2.75, 3.05) is 19.0 Å². The molecule has 20 heavy (non-hydrogen) atoms. The first-order valence-electron chi connectivity index (χ1n) is 6.50. The van der Waals surface area contributed by atoms with Crippen LogP contribution in [0.2, 0.25) is 5.02 Å². The molecular weight excluding hydrogens is 278 g/mol. The maximum atomic E-state index is 11.9. The van der Waals surface area contributed by atoms with Crippen molar-refractivity contribution < 1.29 is 14.3 Å². The SMILES string of the molecule is COC[C@@H](C)Oc1ccc(NC(=O)C(C)(C)C)cc1Cl. The van der Waals surface area contributed by atoms with Crippen LogP contribution in [0.3, 0.4) is 0 Å². The lowest BCUT2D eigenvalue weighted by atomic mass is 9.95. The molecule has 0 spiro atoms. The Labute approximate surface area is 125 Å². The Morgan fingerprint density at radius 3 is 2.55 bits per heavy atom. The van der Waals surface area contributed by atoms with Gasteiger partial charge in [0.15, 0.2) is 0 Å². The van der Waals surface area contributed by atoms with E-state index in [1.54, 1.807) is 25.3 Å². The van der Waals surface area contributed by atoms with Gasteiger partial charge in [-0.2, -0.15) is 0 Å². The Kier molecular flexibility index (Phi) is 5.84. The summed E-state index contributed by atoms with van der Waals surface area (Å²) in [5.41, 5.74) is 0.205. The molecule has 0 radical (unpaired) electrons. The van der Waals surface area contributed by atoms with Gasteiger partial charge in [-0.15, -0.1) is 0 Å². The summed E-state index contributed by atoms with van der Waals surface area (Å²) in [5, 5.41) is 3.28. The molecule has 1 atom stereocenters. The highest BCUT2D eigenvalue weighted by Crippen LogP contribution is 2.29. The summed E-state index contributed by atoms with van der Waals surface area (Å²) in [5.74, 6) is 0.514. The van der Waals surface area contributed by atoms with E-state index >= 15 is 0 Å². The van der Waals surface area contributed by atoms with Crippen molar-refractivity contribution in [1.82, 2.24) is 0 Å². The van der Waals surface area contributed by atoms with E-state index in [0.717, 1.165) is 0 Å². The molecule has 0 bridgehead atoms. The van der Waals surface area contributed by atoms with Crippen LogP contribution in [0.25, 0.3) is 0 Å². The number of halogens is 1. The zero-order valence-corrected chi connectivity index (χ0v) is 13.4. The highest BCUT2D eigenvalue weighted by Gasteiger charge is 2.21. The average Bonchev–Trinajstić information content (AvgIpc) is 2.31. The zero-order chi connectivity index (χ0) is 15.3. The summed E-state index contributed by atoms with van der Waals surface area (Å²) in [6, 6.07) is 5.19. The summed E-state index contributed by atoms with van der Waals surface area (Å²) >= 11 is 6.15. The van der Waals surface area contributed by atoms with Crippen LogP contribution in [0.5, 0.6) is 5.75 Å². The predicted molar refractivity (Wildman–Crippen MR) is 81.5 cm³/mol. The Balaban J connectivity index is 2.75. The third-order valence-corrected chi connectivity index (χ3v) is 2.90. The largest absolute Gasteiger partial charge is 0.487 e. The molecule has 1 amide bonds. The van der Waals surface area contributed by atoms with E-state index in [0.29, 0.717) is 23.1 Å². The Morgan fingerprint density at radius 2 is 2.05 bits per heavy atom. The van der Waals surface area contributed by atoms with Gasteiger partial charge in [-0.05, 0) is 25.1 Å². The molecule has 0 aliphatic carbocycles. The molecule has 0 aromatic heterocycles. The van der Waals surface area contributed by atoms with Gasteiger partial charge < -0.3 is 14.8 Å². The van der Waals surface area contributed by atoms with E-state index in [1.807, 2.05) is 27.7 Å². The number of methoxy groups -OCH3 is 1. The first kappa shape index (κ1) is 16.8. The molecule has 1 aromatic rings. The second-order valence-electron chi connectivity index (χ2n) is 5.73. The number of hydrogen-bond acceptors (Lipinski definition) is 3. The topological polar surface area (TPSA) is 47.6 Å². The Bertz CT molecular complexity index is 469. The average molecular weight is 300 g/mol. The number of carbonyl (C=O) groups is 1. The van der Waals surface area contributed by atoms with Crippen molar-refractivity contribution in [1.29, 1.82) is 0 Å². The smallest absolute Gasteiger partial charge is 0.229 e. The van der Waals surface area contributed by atoms with Gasteiger partial charge in [0.1, 0.15) is 11.9 Å². The van der Waals surface area contributed by atoms with Crippen molar-refractivity contribution >= 4 is 23.2 Å². The van der Waals surface area contributed by atoms with Crippen LogP contribution in [0.1, 0.15) is 27.7 Å². The molecule has 5 heteroatoms. The highest BCUT2D eigenvalue weighted by molar-refractivity contribution is 6.32. The number of nitrogens with one attached hydrogen (secondary N) is 1. The fourth-order valence-electron chi connectivity index (χ4n) is 1.48. The van der Waals surface area contributed by atoms with Gasteiger partial charge in [-0.25, -0.2) is 0 Å². The van der Waals surface area contributed by atoms with Crippen molar-refractivity contribution in [3.8, 4) is 5.75 Å². The molecule has 0 unspecified atom stereocenters. The number of ether oxygens (including phenoxy) is 2. The number of anilines is 1. The lowest BCUT2D eigenvalue weighted by molar-refractivity contribution is -0.123. The minimum atomic E-state index is -0.450. The third-order valence-electron chi connectivity index (χ3n) is 2.60. The second-order valence-corrected chi connectivity index (χ2v) is 6.14. The molecule has 1 aromatic carbocycles. The van der Waals surface area contributed by atoms with Crippen molar-refractivity contribution in [2.24, 2.45) is 5.41 Å². The van der Waals surface area contributed by atoms with Gasteiger partial charge in [0, 0.05) is 18.2 Å². The lowest BCUT2D eigenvalue weighted by Crippen LogP contribution is -2.27. The van der Waals surface area contributed by atoms with Gasteiger partial charge in [-0.1, -0.05) is 32.4 Å². The predicted octanol–water partition coefficient (Wildman–Crippen LogP) is 3.74. The van der Waals surface area contributed by atoms with Crippen LogP contribution < -0.4 is 10.1 Å². The van der Waals surface area contributed by atoms with Crippen molar-refractivity contribution in [3.05, 3.63) is 23.2 Å². The molecule has 0 aliphatic rings. The van der Waals surface area contributed by atoms with Gasteiger partial charge in [0.25, 0.3) is 0 Å². The van der Waals surface area contributed by atoms with Crippen LogP contribution in [-0.4, -0.2) is 25.7 Å². The monoisotopic (exact) mass is 299 g/mol. The zero-order valence-electron chi connectivity index (χ0n) is 12.6. The standard InChI is InChI=1S/C15H22ClNO3/c1-10(9-19-5)20-13-7-6-11(8-12(13)16)17-14(18)15(2,3)4/h6-8,10H,9H2,1-5H3,(H,17,18)/t10-/m1/s1. The quantitative estimate of drug-likeness (QED) is 0.901. The summed E-state index contributed by atoms with van der Waals surface area (Å²) in [6.07, 6.45) is -0.0903. The number of benzene rings is 1. The van der Waals surface area contributed by atoms with E-state index in [-0.39, 0.29) is 12.0 Å². The Morgan fingerprint density at radius 1 is 1.40 bits per heavy atom. The lowest BCUT2D eigenvalue weighted by Gasteiger charge is -2.19. The second kappa shape index (κ2) is 6.95. The molecule has 0 saturated carbocycles. The fraction of sp³-hybridized carbons (Fsp3) is 0.533. The van der Waals surface area contributed by atoms with Crippen molar-refractivity contribution in [3.63, 3.8) is 0 Å². The van der Waals surface area contributed by atoms with E-state index in [1.165, 1.54) is 0 Å². The van der Waals surface area contributed by atoms with E-state index in [2.05, 4.69) is 5.32 Å². The number of carbonyl (C=O) groups excluding carboxylic acids is 1. The van der Waals surface area contributed by atoms with E-state index in [4.69, 9.17) is 21.1 Å². The number of rotatable bonds is 5. The molecule has 4 nitrogen and oxygen atoms in total. The highest BCUT2D eigenvalue weighted by atomic mass is 35.5. The van der Waals surface area contributed by atoms with Crippen LogP contribution in [0.15, 0.2) is 18.2 Å². The molecular formula is C15H22ClNO3. The maximum Gasteiger partial charge on any atom is 0.229 e. The molecule has 1 N–H and O–H groups in total. The summed E-state index contributed by atoms with van der Waals surface area (Å²) in [7, 11) is 1.62. The molecule has 0 fully saturated rings. The molecule has 0 saturated heterocycles. The van der Waals surface area contributed by atoms with Crippen LogP contribution in [0.4, 0.5) is 5.69 Å². The van der Waals surface area contributed by atoms with E-state index < -0.39 is 5.41 Å². The number of hydrogen-bond donors (Lipinski definition) is 1. The van der Waals surface area contributed by atoms with Crippen LogP contribution >= 0.6 is 11.6 Å². The first-order chi connectivity index (χ1) is 9.24. The van der Waals surface area contributed by atoms with Crippen molar-refractivity contribution in [2.45, 2.75) is 33.8 Å². The first-order valence-corrected chi connectivity index (χ1v) is 6.88. The minimum Gasteiger partial charge on any atom is -0.487 e. The molecule has 0 aliphatic heterocycles. The summed E-state index contributed by atoms with van der Waals surface area (Å²) in [6.45, 7) is 7.95. The normalized spacial score (nSPS) is 12.9.